The molecule has 190 valence electrons. The van der Waals surface area contributed by atoms with Crippen molar-refractivity contribution in [2.24, 2.45) is 0 Å². The van der Waals surface area contributed by atoms with Crippen LogP contribution in [0.5, 0.6) is 0 Å². The normalized spacial score (nSPS) is 12.8. The zero-order valence-corrected chi connectivity index (χ0v) is 22.7. The summed E-state index contributed by atoms with van der Waals surface area (Å²) in [7, 11) is 0. The first-order valence-electron chi connectivity index (χ1n) is 14.8. The number of hydrogen-bond donors (Lipinski definition) is 0. The molecular weight excluding hydrogens is 504 g/mol. The minimum atomic E-state index is 1.29. The Kier molecular flexibility index (Phi) is 3.67. The Morgan fingerprint density at radius 3 is 1.38 bits per heavy atom. The van der Waals surface area contributed by atoms with Crippen LogP contribution in [0.15, 0.2) is 133 Å². The molecule has 0 spiro atoms. The van der Waals surface area contributed by atoms with Crippen molar-refractivity contribution in [3.8, 4) is 22.3 Å². The fraction of sp³-hybridized carbons (Fsp3) is 0. The third kappa shape index (κ3) is 2.51. The van der Waals surface area contributed by atoms with E-state index in [0.717, 1.165) is 0 Å². The second kappa shape index (κ2) is 7.24. The maximum absolute atomic E-state index is 2.45. The third-order valence-corrected chi connectivity index (χ3v) is 10.0. The quantitative estimate of drug-likeness (QED) is 0.136. The number of rotatable bonds is 0. The largest absolute Gasteiger partial charge is 0.0616 e. The summed E-state index contributed by atoms with van der Waals surface area (Å²) in [6, 6.07) is 50.6. The van der Waals surface area contributed by atoms with Gasteiger partial charge in [0.05, 0.1) is 0 Å². The molecule has 10 aromatic rings. The van der Waals surface area contributed by atoms with Crippen LogP contribution < -0.4 is 0 Å². The van der Waals surface area contributed by atoms with Gasteiger partial charge in [0, 0.05) is 0 Å². The van der Waals surface area contributed by atoms with E-state index in [1.807, 2.05) is 0 Å². The first-order chi connectivity index (χ1) is 20.8. The molecule has 0 heterocycles. The summed E-state index contributed by atoms with van der Waals surface area (Å²) in [5, 5.41) is 21.3. The van der Waals surface area contributed by atoms with E-state index in [1.54, 1.807) is 0 Å². The highest BCUT2D eigenvalue weighted by Crippen LogP contribution is 2.53. The van der Waals surface area contributed by atoms with Crippen LogP contribution in [0.1, 0.15) is 0 Å². The molecule has 42 heavy (non-hydrogen) atoms. The monoisotopic (exact) mass is 526 g/mol. The Morgan fingerprint density at radius 1 is 0.214 bits per heavy atom. The number of fused-ring (bicyclic) bond motifs is 11. The number of hydrogen-bond acceptors (Lipinski definition) is 0. The topological polar surface area (TPSA) is 0 Å². The third-order valence-electron chi connectivity index (χ3n) is 10.0. The van der Waals surface area contributed by atoms with Gasteiger partial charge in [-0.3, -0.25) is 0 Å². The molecule has 0 amide bonds. The van der Waals surface area contributed by atoms with Crippen LogP contribution >= 0.6 is 0 Å². The van der Waals surface area contributed by atoms with Crippen molar-refractivity contribution in [1.82, 2.24) is 0 Å². The maximum Gasteiger partial charge on any atom is -0.00137 e. The van der Waals surface area contributed by atoms with E-state index in [9.17, 15) is 0 Å². The lowest BCUT2D eigenvalue weighted by Gasteiger charge is -2.14. The molecule has 0 saturated carbocycles. The van der Waals surface area contributed by atoms with E-state index in [0.29, 0.717) is 0 Å². The molecule has 0 heteroatoms. The molecule has 0 nitrogen and oxygen atoms in total. The molecule has 1 aliphatic rings. The van der Waals surface area contributed by atoms with Gasteiger partial charge in [-0.05, 0) is 151 Å². The van der Waals surface area contributed by atoms with E-state index < -0.39 is 0 Å². The molecule has 0 atom stereocenters. The summed E-state index contributed by atoms with van der Waals surface area (Å²) in [5.74, 6) is 0. The fourth-order valence-electron chi connectivity index (χ4n) is 8.17. The first-order valence-corrected chi connectivity index (χ1v) is 14.8. The van der Waals surface area contributed by atoms with Crippen LogP contribution in [-0.2, 0) is 0 Å². The standard InChI is InChI=1S/C42H22/c1-2-7-26-17-36-33(16-25(26)6-1)30-10-3-4-11-31(30)34-19-28-22-38-35(20-29(28)21-37(34)36)32-15-14-24-13-12-23-8-5-9-27-18-39(38)42(32)41(24)40(23)27/h1-22H. The van der Waals surface area contributed by atoms with Gasteiger partial charge in [0.15, 0.2) is 0 Å². The zero-order chi connectivity index (χ0) is 27.1. The molecular formula is C42H22. The van der Waals surface area contributed by atoms with Gasteiger partial charge in [-0.1, -0.05) is 91.0 Å². The van der Waals surface area contributed by atoms with Crippen molar-refractivity contribution in [3.05, 3.63) is 133 Å². The lowest BCUT2D eigenvalue weighted by molar-refractivity contribution is 1.76. The Bertz CT molecular complexity index is 2830. The van der Waals surface area contributed by atoms with E-state index in [-0.39, 0.29) is 0 Å². The molecule has 11 rings (SSSR count). The van der Waals surface area contributed by atoms with E-state index >= 15 is 0 Å². The molecule has 0 saturated heterocycles. The fourth-order valence-corrected chi connectivity index (χ4v) is 8.17. The average molecular weight is 527 g/mol. The summed E-state index contributed by atoms with van der Waals surface area (Å²) in [6.45, 7) is 0. The molecule has 0 fully saturated rings. The summed E-state index contributed by atoms with van der Waals surface area (Å²) in [5.41, 5.74) is 5.44. The summed E-state index contributed by atoms with van der Waals surface area (Å²) in [6.07, 6.45) is 0. The van der Waals surface area contributed by atoms with Gasteiger partial charge in [-0.2, -0.15) is 0 Å². The Labute approximate surface area is 241 Å². The van der Waals surface area contributed by atoms with Crippen LogP contribution in [0, 0.1) is 0 Å². The zero-order valence-electron chi connectivity index (χ0n) is 22.7. The summed E-state index contributed by atoms with van der Waals surface area (Å²) < 4.78 is 0. The Morgan fingerprint density at radius 2 is 0.690 bits per heavy atom. The van der Waals surface area contributed by atoms with E-state index in [4.69, 9.17) is 0 Å². The molecule has 0 bridgehead atoms. The van der Waals surface area contributed by atoms with Gasteiger partial charge in [0.25, 0.3) is 0 Å². The second-order valence-corrected chi connectivity index (χ2v) is 12.1. The SMILES string of the molecule is c1ccc2cc3c(cc2c1)c1ccccc1c1cc2cc4c(cc2cc13)-c1ccc2ccc3cccc5cc-4c1c2c35. The van der Waals surface area contributed by atoms with Gasteiger partial charge in [-0.25, -0.2) is 0 Å². The molecule has 0 aromatic heterocycles. The van der Waals surface area contributed by atoms with Gasteiger partial charge in [-0.15, -0.1) is 0 Å². The van der Waals surface area contributed by atoms with Crippen LogP contribution in [0.4, 0.5) is 0 Å². The van der Waals surface area contributed by atoms with Gasteiger partial charge in [0.2, 0.25) is 0 Å². The van der Waals surface area contributed by atoms with Crippen molar-refractivity contribution in [2.75, 3.05) is 0 Å². The van der Waals surface area contributed by atoms with E-state index in [1.165, 1.54) is 108 Å². The Hall–Kier alpha value is -5.46. The van der Waals surface area contributed by atoms with Crippen LogP contribution in [0.3, 0.4) is 0 Å². The van der Waals surface area contributed by atoms with Crippen molar-refractivity contribution >= 4 is 86.2 Å². The van der Waals surface area contributed by atoms with Crippen molar-refractivity contribution in [3.63, 3.8) is 0 Å². The molecule has 0 radical (unpaired) electrons. The molecule has 0 N–H and O–H groups in total. The predicted molar refractivity (Wildman–Crippen MR) is 182 cm³/mol. The van der Waals surface area contributed by atoms with Crippen molar-refractivity contribution in [2.45, 2.75) is 0 Å². The second-order valence-electron chi connectivity index (χ2n) is 12.1. The average Bonchev–Trinajstić information content (AvgIpc) is 3.35. The van der Waals surface area contributed by atoms with Gasteiger partial charge >= 0.3 is 0 Å². The molecule has 10 aromatic carbocycles. The highest BCUT2D eigenvalue weighted by atomic mass is 14.3. The number of benzene rings is 10. The highest BCUT2D eigenvalue weighted by Gasteiger charge is 2.25. The molecule has 1 aliphatic carbocycles. The highest BCUT2D eigenvalue weighted by molar-refractivity contribution is 6.33. The first kappa shape index (κ1) is 21.3. The maximum atomic E-state index is 2.45. The van der Waals surface area contributed by atoms with Crippen LogP contribution in [0.25, 0.3) is 108 Å². The van der Waals surface area contributed by atoms with Gasteiger partial charge < -0.3 is 0 Å². The summed E-state index contributed by atoms with van der Waals surface area (Å²) >= 11 is 0. The van der Waals surface area contributed by atoms with Crippen LogP contribution in [0.2, 0.25) is 0 Å². The van der Waals surface area contributed by atoms with Crippen molar-refractivity contribution in [1.29, 1.82) is 0 Å². The van der Waals surface area contributed by atoms with Gasteiger partial charge in [0.1, 0.15) is 0 Å². The smallest absolute Gasteiger partial charge is 0.00137 e. The molecule has 0 unspecified atom stereocenters. The molecule has 0 aliphatic heterocycles. The van der Waals surface area contributed by atoms with E-state index in [2.05, 4.69) is 133 Å². The lowest BCUT2D eigenvalue weighted by Crippen LogP contribution is -1.86. The predicted octanol–water partition coefficient (Wildman–Crippen LogP) is 12.0. The summed E-state index contributed by atoms with van der Waals surface area (Å²) in [4.78, 5) is 0. The Balaban J connectivity index is 1.30. The van der Waals surface area contributed by atoms with Crippen LogP contribution in [-0.4, -0.2) is 0 Å². The lowest BCUT2D eigenvalue weighted by atomic mass is 9.89. The minimum Gasteiger partial charge on any atom is -0.0616 e. The minimum absolute atomic E-state index is 1.29. The van der Waals surface area contributed by atoms with Crippen molar-refractivity contribution < 1.29 is 0 Å².